The Morgan fingerprint density at radius 2 is 1.71 bits per heavy atom. The summed E-state index contributed by atoms with van der Waals surface area (Å²) in [5.41, 5.74) is 2.22. The third kappa shape index (κ3) is 5.00. The smallest absolute Gasteiger partial charge is 0.306 e. The van der Waals surface area contributed by atoms with Gasteiger partial charge in [0, 0.05) is 0 Å². The first-order chi connectivity index (χ1) is 7.99. The number of aliphatic hydroxyl groups excluding tert-OH is 1. The number of hydrogen-bond acceptors (Lipinski definition) is 2. The van der Waals surface area contributed by atoms with Gasteiger partial charge in [0.25, 0.3) is 0 Å². The third-order valence-electron chi connectivity index (χ3n) is 2.84. The van der Waals surface area contributed by atoms with E-state index in [-0.39, 0.29) is 12.0 Å². The van der Waals surface area contributed by atoms with Gasteiger partial charge >= 0.3 is 5.97 Å². The SMILES string of the molecule is CC(O)CCc1ccc(CC(C)C(=O)O)cc1. The molecule has 0 heterocycles. The molecule has 0 spiro atoms. The van der Waals surface area contributed by atoms with Crippen molar-refractivity contribution in [2.24, 2.45) is 5.92 Å². The van der Waals surface area contributed by atoms with E-state index >= 15 is 0 Å². The number of carboxylic acids is 1. The van der Waals surface area contributed by atoms with Crippen LogP contribution in [0.25, 0.3) is 0 Å². The summed E-state index contributed by atoms with van der Waals surface area (Å²) in [7, 11) is 0. The lowest BCUT2D eigenvalue weighted by molar-refractivity contribution is -0.141. The number of aliphatic hydroxyl groups is 1. The van der Waals surface area contributed by atoms with Crippen LogP contribution in [0.5, 0.6) is 0 Å². The van der Waals surface area contributed by atoms with E-state index in [2.05, 4.69) is 0 Å². The fraction of sp³-hybridized carbons (Fsp3) is 0.500. The molecule has 3 heteroatoms. The highest BCUT2D eigenvalue weighted by Crippen LogP contribution is 2.12. The van der Waals surface area contributed by atoms with Gasteiger partial charge in [-0.15, -0.1) is 0 Å². The lowest BCUT2D eigenvalue weighted by Crippen LogP contribution is -2.12. The maximum absolute atomic E-state index is 10.7. The summed E-state index contributed by atoms with van der Waals surface area (Å²) >= 11 is 0. The van der Waals surface area contributed by atoms with Gasteiger partial charge in [-0.2, -0.15) is 0 Å². The third-order valence-corrected chi connectivity index (χ3v) is 2.84. The van der Waals surface area contributed by atoms with Crippen molar-refractivity contribution in [1.82, 2.24) is 0 Å². The minimum absolute atomic E-state index is 0.276. The Morgan fingerprint density at radius 1 is 1.18 bits per heavy atom. The molecule has 0 aliphatic heterocycles. The van der Waals surface area contributed by atoms with Crippen molar-refractivity contribution < 1.29 is 15.0 Å². The van der Waals surface area contributed by atoms with Crippen LogP contribution in [-0.2, 0) is 17.6 Å². The number of rotatable bonds is 6. The average molecular weight is 236 g/mol. The van der Waals surface area contributed by atoms with Crippen LogP contribution >= 0.6 is 0 Å². The van der Waals surface area contributed by atoms with Gasteiger partial charge in [0.1, 0.15) is 0 Å². The van der Waals surface area contributed by atoms with Gasteiger partial charge in [0.05, 0.1) is 12.0 Å². The number of benzene rings is 1. The molecule has 2 atom stereocenters. The zero-order valence-electron chi connectivity index (χ0n) is 10.4. The standard InChI is InChI=1S/C14H20O3/c1-10(14(16)17)9-13-7-5-12(6-8-13)4-3-11(2)15/h5-8,10-11,15H,3-4,9H2,1-2H3,(H,16,17). The Hall–Kier alpha value is -1.35. The van der Waals surface area contributed by atoms with E-state index in [0.717, 1.165) is 18.4 Å². The first-order valence-electron chi connectivity index (χ1n) is 5.97. The Bertz CT molecular complexity index is 354. The molecule has 0 aliphatic rings. The van der Waals surface area contributed by atoms with Gasteiger partial charge in [-0.1, -0.05) is 31.2 Å². The molecule has 1 rings (SSSR count). The van der Waals surface area contributed by atoms with E-state index in [0.29, 0.717) is 6.42 Å². The van der Waals surface area contributed by atoms with Crippen LogP contribution in [0.2, 0.25) is 0 Å². The van der Waals surface area contributed by atoms with Crippen LogP contribution in [0.1, 0.15) is 31.4 Å². The summed E-state index contributed by atoms with van der Waals surface area (Å²) in [6.45, 7) is 3.49. The quantitative estimate of drug-likeness (QED) is 0.796. The van der Waals surface area contributed by atoms with Crippen molar-refractivity contribution in [1.29, 1.82) is 0 Å². The minimum atomic E-state index is -0.761. The predicted octanol–water partition coefficient (Wildman–Crippen LogP) is 2.26. The molecule has 3 nitrogen and oxygen atoms in total. The zero-order chi connectivity index (χ0) is 12.8. The molecule has 0 saturated carbocycles. The Labute approximate surface area is 102 Å². The predicted molar refractivity (Wildman–Crippen MR) is 66.9 cm³/mol. The molecule has 0 bridgehead atoms. The normalized spacial score (nSPS) is 14.3. The topological polar surface area (TPSA) is 57.5 Å². The van der Waals surface area contributed by atoms with E-state index in [9.17, 15) is 9.90 Å². The summed E-state index contributed by atoms with van der Waals surface area (Å²) in [4.78, 5) is 10.7. The highest BCUT2D eigenvalue weighted by molar-refractivity contribution is 5.69. The maximum atomic E-state index is 10.7. The molecule has 0 aromatic heterocycles. The number of carboxylic acid groups (broad SMARTS) is 1. The molecule has 0 saturated heterocycles. The summed E-state index contributed by atoms with van der Waals surface area (Å²) in [6, 6.07) is 7.95. The van der Waals surface area contributed by atoms with E-state index in [1.54, 1.807) is 13.8 Å². The first-order valence-corrected chi connectivity index (χ1v) is 5.97. The van der Waals surface area contributed by atoms with Crippen LogP contribution in [0.3, 0.4) is 0 Å². The molecule has 94 valence electrons. The molecule has 0 fully saturated rings. The van der Waals surface area contributed by atoms with Crippen molar-refractivity contribution in [3.63, 3.8) is 0 Å². The van der Waals surface area contributed by atoms with Crippen molar-refractivity contribution >= 4 is 5.97 Å². The Kier molecular flexibility index (Phi) is 5.16. The molecule has 1 aromatic carbocycles. The van der Waals surface area contributed by atoms with Gasteiger partial charge < -0.3 is 10.2 Å². The van der Waals surface area contributed by atoms with Crippen LogP contribution in [0, 0.1) is 5.92 Å². The van der Waals surface area contributed by atoms with Gasteiger partial charge in [0.15, 0.2) is 0 Å². The summed E-state index contributed by atoms with van der Waals surface area (Å²) in [5, 5.41) is 18.0. The molecule has 2 unspecified atom stereocenters. The lowest BCUT2D eigenvalue weighted by atomic mass is 9.99. The number of aryl methyl sites for hydroxylation is 1. The second-order valence-electron chi connectivity index (χ2n) is 4.65. The van der Waals surface area contributed by atoms with Crippen LogP contribution < -0.4 is 0 Å². The van der Waals surface area contributed by atoms with Gasteiger partial charge in [-0.25, -0.2) is 0 Å². The Balaban J connectivity index is 2.53. The number of aliphatic carboxylic acids is 1. The largest absolute Gasteiger partial charge is 0.481 e. The molecule has 0 amide bonds. The van der Waals surface area contributed by atoms with Crippen molar-refractivity contribution in [3.05, 3.63) is 35.4 Å². The molecule has 1 aromatic rings. The Morgan fingerprint density at radius 3 is 2.18 bits per heavy atom. The number of hydrogen-bond donors (Lipinski definition) is 2. The fourth-order valence-corrected chi connectivity index (χ4v) is 1.66. The second kappa shape index (κ2) is 6.40. The summed E-state index contributed by atoms with van der Waals surface area (Å²) in [6.07, 6.45) is 1.89. The maximum Gasteiger partial charge on any atom is 0.306 e. The first kappa shape index (κ1) is 13.7. The van der Waals surface area contributed by atoms with Crippen LogP contribution in [-0.4, -0.2) is 22.3 Å². The highest BCUT2D eigenvalue weighted by atomic mass is 16.4. The summed E-state index contributed by atoms with van der Waals surface area (Å²) in [5.74, 6) is -1.11. The molecule has 2 N–H and O–H groups in total. The molecule has 17 heavy (non-hydrogen) atoms. The van der Waals surface area contributed by atoms with Gasteiger partial charge in [-0.05, 0) is 37.3 Å². The van der Waals surface area contributed by atoms with Crippen LogP contribution in [0.15, 0.2) is 24.3 Å². The van der Waals surface area contributed by atoms with E-state index in [1.807, 2.05) is 24.3 Å². The van der Waals surface area contributed by atoms with Gasteiger partial charge in [-0.3, -0.25) is 4.79 Å². The van der Waals surface area contributed by atoms with E-state index in [4.69, 9.17) is 5.11 Å². The highest BCUT2D eigenvalue weighted by Gasteiger charge is 2.11. The number of carbonyl (C=O) groups is 1. The zero-order valence-corrected chi connectivity index (χ0v) is 10.4. The van der Waals surface area contributed by atoms with Crippen LogP contribution in [0.4, 0.5) is 0 Å². The monoisotopic (exact) mass is 236 g/mol. The lowest BCUT2D eigenvalue weighted by Gasteiger charge is -2.08. The minimum Gasteiger partial charge on any atom is -0.481 e. The molecular weight excluding hydrogens is 216 g/mol. The van der Waals surface area contributed by atoms with Crippen molar-refractivity contribution in [2.45, 2.75) is 39.2 Å². The average Bonchev–Trinajstić information content (AvgIpc) is 2.28. The fourth-order valence-electron chi connectivity index (χ4n) is 1.66. The molecular formula is C14H20O3. The van der Waals surface area contributed by atoms with Crippen molar-refractivity contribution in [3.8, 4) is 0 Å². The second-order valence-corrected chi connectivity index (χ2v) is 4.65. The van der Waals surface area contributed by atoms with Gasteiger partial charge in [0.2, 0.25) is 0 Å². The van der Waals surface area contributed by atoms with E-state index < -0.39 is 5.97 Å². The molecule has 0 aliphatic carbocycles. The summed E-state index contributed by atoms with van der Waals surface area (Å²) < 4.78 is 0. The van der Waals surface area contributed by atoms with Crippen molar-refractivity contribution in [2.75, 3.05) is 0 Å². The van der Waals surface area contributed by atoms with E-state index in [1.165, 1.54) is 5.56 Å². The molecule has 0 radical (unpaired) electrons.